The Kier molecular flexibility index (Phi) is 4.72. The summed E-state index contributed by atoms with van der Waals surface area (Å²) in [6.07, 6.45) is 0. The summed E-state index contributed by atoms with van der Waals surface area (Å²) >= 11 is 6.03. The number of carbonyl (C=O) groups excluding carboxylic acids is 1. The Bertz CT molecular complexity index is 1450. The van der Waals surface area contributed by atoms with E-state index in [0.29, 0.717) is 22.7 Å². The minimum Gasteiger partial charge on any atom is -0.366 e. The van der Waals surface area contributed by atoms with Crippen LogP contribution in [-0.2, 0) is 6.54 Å². The lowest BCUT2D eigenvalue weighted by Gasteiger charge is -2.10. The van der Waals surface area contributed by atoms with Crippen LogP contribution >= 0.6 is 11.6 Å². The maximum absolute atomic E-state index is 14.5. The molecule has 5 heteroatoms. The minimum atomic E-state index is -0.509. The van der Waals surface area contributed by atoms with E-state index in [2.05, 4.69) is 6.07 Å². The summed E-state index contributed by atoms with van der Waals surface area (Å²) in [5.74, 6) is -0.785. The van der Waals surface area contributed by atoms with Crippen LogP contribution in [0.3, 0.4) is 0 Å². The van der Waals surface area contributed by atoms with Gasteiger partial charge in [-0.25, -0.2) is 4.39 Å². The van der Waals surface area contributed by atoms with Crippen molar-refractivity contribution in [3.05, 3.63) is 107 Å². The average Bonchev–Trinajstić information content (AvgIpc) is 3.09. The predicted molar refractivity (Wildman–Crippen MR) is 123 cm³/mol. The monoisotopic (exact) mass is 427 g/mol. The van der Waals surface area contributed by atoms with Crippen LogP contribution in [0.4, 0.5) is 4.39 Å². The van der Waals surface area contributed by atoms with E-state index in [1.807, 2.05) is 53.1 Å². The van der Waals surface area contributed by atoms with Crippen LogP contribution < -0.4 is 5.73 Å². The average molecular weight is 428 g/mol. The molecule has 1 heterocycles. The van der Waals surface area contributed by atoms with Gasteiger partial charge in [0.15, 0.2) is 0 Å². The third-order valence-corrected chi connectivity index (χ3v) is 5.78. The molecule has 0 aliphatic rings. The zero-order chi connectivity index (χ0) is 21.5. The van der Waals surface area contributed by atoms with Crippen LogP contribution in [0.2, 0.25) is 5.02 Å². The first-order chi connectivity index (χ1) is 15.0. The van der Waals surface area contributed by atoms with Crippen molar-refractivity contribution in [1.82, 2.24) is 4.57 Å². The molecule has 1 amide bonds. The number of nitrogens with two attached hydrogens (primary N) is 1. The number of aromatic nitrogens is 1. The van der Waals surface area contributed by atoms with Gasteiger partial charge in [0.05, 0.1) is 17.6 Å². The molecule has 2 N–H and O–H groups in total. The number of fused-ring (bicyclic) bond motifs is 3. The summed E-state index contributed by atoms with van der Waals surface area (Å²) in [6.45, 7) is 0.312. The Labute approximate surface area is 183 Å². The van der Waals surface area contributed by atoms with E-state index in [-0.39, 0.29) is 5.82 Å². The zero-order valence-corrected chi connectivity index (χ0v) is 17.2. The number of halogens is 2. The van der Waals surface area contributed by atoms with Gasteiger partial charge in [0.2, 0.25) is 5.91 Å². The lowest BCUT2D eigenvalue weighted by molar-refractivity contribution is 0.100. The lowest BCUT2D eigenvalue weighted by Crippen LogP contribution is -2.11. The molecule has 151 valence electrons. The van der Waals surface area contributed by atoms with E-state index in [0.717, 1.165) is 32.9 Å². The van der Waals surface area contributed by atoms with E-state index in [4.69, 9.17) is 17.3 Å². The molecule has 0 aliphatic heterocycles. The van der Waals surface area contributed by atoms with Gasteiger partial charge in [0.25, 0.3) is 0 Å². The van der Waals surface area contributed by atoms with Crippen LogP contribution in [0.15, 0.2) is 78.9 Å². The number of primary amides is 1. The van der Waals surface area contributed by atoms with Gasteiger partial charge in [-0.15, -0.1) is 0 Å². The molecule has 0 saturated heterocycles. The molecule has 1 aromatic heterocycles. The molecule has 5 aromatic rings. The van der Waals surface area contributed by atoms with E-state index in [1.165, 1.54) is 6.07 Å². The highest BCUT2D eigenvalue weighted by molar-refractivity contribution is 6.30. The fourth-order valence-corrected chi connectivity index (χ4v) is 4.16. The molecule has 0 fully saturated rings. The van der Waals surface area contributed by atoms with Crippen LogP contribution in [0.5, 0.6) is 0 Å². The van der Waals surface area contributed by atoms with Crippen molar-refractivity contribution < 1.29 is 9.18 Å². The van der Waals surface area contributed by atoms with Gasteiger partial charge in [0, 0.05) is 26.9 Å². The second-order valence-electron chi connectivity index (χ2n) is 7.40. The molecule has 1 radical (unpaired) electrons. The fourth-order valence-electron chi connectivity index (χ4n) is 4.04. The molecule has 0 unspecified atom stereocenters. The lowest BCUT2D eigenvalue weighted by atomic mass is 10.0. The summed E-state index contributed by atoms with van der Waals surface area (Å²) in [5.41, 5.74) is 10.2. The molecule has 5 rings (SSSR count). The van der Waals surface area contributed by atoms with Gasteiger partial charge in [-0.3, -0.25) is 4.79 Å². The molecule has 0 atom stereocenters. The Balaban J connectivity index is 1.81. The van der Waals surface area contributed by atoms with Crippen molar-refractivity contribution in [2.24, 2.45) is 5.73 Å². The van der Waals surface area contributed by atoms with Gasteiger partial charge in [-0.05, 0) is 59.7 Å². The highest BCUT2D eigenvalue weighted by Crippen LogP contribution is 2.35. The van der Waals surface area contributed by atoms with Crippen molar-refractivity contribution in [1.29, 1.82) is 0 Å². The van der Waals surface area contributed by atoms with Crippen molar-refractivity contribution in [2.75, 3.05) is 0 Å². The first-order valence-corrected chi connectivity index (χ1v) is 10.2. The highest BCUT2D eigenvalue weighted by atomic mass is 35.5. The smallest absolute Gasteiger partial charge is 0.249 e. The molecule has 0 saturated carbocycles. The molecule has 3 nitrogen and oxygen atoms in total. The van der Waals surface area contributed by atoms with E-state index in [1.54, 1.807) is 24.3 Å². The molecule has 0 aliphatic carbocycles. The van der Waals surface area contributed by atoms with Gasteiger partial charge < -0.3 is 10.3 Å². The Morgan fingerprint density at radius 3 is 2.48 bits per heavy atom. The summed E-state index contributed by atoms with van der Waals surface area (Å²) in [4.78, 5) is 12.1. The second-order valence-corrected chi connectivity index (χ2v) is 7.83. The SMILES string of the molecule is NC(=O)c1cccc2c1c1[c]cc(-c3ccc(Cl)cc3)cc1n2Cc1ccccc1F. The molecule has 31 heavy (non-hydrogen) atoms. The second kappa shape index (κ2) is 7.56. The summed E-state index contributed by atoms with van der Waals surface area (Å²) < 4.78 is 16.5. The predicted octanol–water partition coefficient (Wildman–Crippen LogP) is 6.20. The van der Waals surface area contributed by atoms with Gasteiger partial charge >= 0.3 is 0 Å². The number of hydrogen-bond donors (Lipinski definition) is 1. The van der Waals surface area contributed by atoms with Crippen LogP contribution in [0.1, 0.15) is 15.9 Å². The Morgan fingerprint density at radius 1 is 0.968 bits per heavy atom. The first kappa shape index (κ1) is 19.3. The summed E-state index contributed by atoms with van der Waals surface area (Å²) in [6, 6.07) is 26.9. The standard InChI is InChI=1S/C26H17ClFN2O/c27-19-11-8-16(9-12-19)17-10-13-20-24(14-17)30(15-18-4-1-2-6-22(18)28)23-7-3-5-21(25(20)23)26(29)31/h1-12,14H,15H2,(H2,29,31). The van der Waals surface area contributed by atoms with Crippen molar-refractivity contribution in [3.63, 3.8) is 0 Å². The van der Waals surface area contributed by atoms with Crippen molar-refractivity contribution in [3.8, 4) is 11.1 Å². The van der Waals surface area contributed by atoms with E-state index < -0.39 is 5.91 Å². The number of hydrogen-bond acceptors (Lipinski definition) is 1. The summed E-state index contributed by atoms with van der Waals surface area (Å²) in [5, 5.41) is 2.16. The minimum absolute atomic E-state index is 0.276. The number of nitrogens with zero attached hydrogens (tertiary/aromatic N) is 1. The van der Waals surface area contributed by atoms with Gasteiger partial charge in [-0.1, -0.05) is 48.0 Å². The molecule has 4 aromatic carbocycles. The number of rotatable bonds is 4. The molecule has 0 spiro atoms. The number of amides is 1. The van der Waals surface area contributed by atoms with Crippen LogP contribution in [-0.4, -0.2) is 10.5 Å². The van der Waals surface area contributed by atoms with E-state index in [9.17, 15) is 9.18 Å². The molecular formula is C26H17ClFN2O. The molecular weight excluding hydrogens is 411 g/mol. The largest absolute Gasteiger partial charge is 0.366 e. The number of benzene rings is 4. The summed E-state index contributed by atoms with van der Waals surface area (Å²) in [7, 11) is 0. The topological polar surface area (TPSA) is 48.0 Å². The third kappa shape index (κ3) is 3.35. The normalized spacial score (nSPS) is 11.3. The van der Waals surface area contributed by atoms with Crippen LogP contribution in [0, 0.1) is 11.9 Å². The number of carbonyl (C=O) groups is 1. The van der Waals surface area contributed by atoms with Crippen molar-refractivity contribution in [2.45, 2.75) is 6.54 Å². The van der Waals surface area contributed by atoms with Crippen LogP contribution in [0.25, 0.3) is 32.9 Å². The third-order valence-electron chi connectivity index (χ3n) is 5.52. The maximum atomic E-state index is 14.5. The molecule has 0 bridgehead atoms. The first-order valence-electron chi connectivity index (χ1n) is 9.79. The van der Waals surface area contributed by atoms with Crippen molar-refractivity contribution >= 4 is 39.3 Å². The van der Waals surface area contributed by atoms with Gasteiger partial charge in [-0.2, -0.15) is 0 Å². The highest BCUT2D eigenvalue weighted by Gasteiger charge is 2.18. The quantitative estimate of drug-likeness (QED) is 0.364. The fraction of sp³-hybridized carbons (Fsp3) is 0.0385. The zero-order valence-electron chi connectivity index (χ0n) is 16.4. The Hall–Kier alpha value is -3.63. The van der Waals surface area contributed by atoms with E-state index >= 15 is 0 Å². The van der Waals surface area contributed by atoms with Gasteiger partial charge in [0.1, 0.15) is 5.82 Å². The Morgan fingerprint density at radius 2 is 1.74 bits per heavy atom. The maximum Gasteiger partial charge on any atom is 0.249 e.